The molecule has 2 heterocycles. The number of hydrogen-bond acceptors (Lipinski definition) is 7. The molecule has 2 rings (SSSR count). The Hall–Kier alpha value is -3.74. The third-order valence-corrected chi connectivity index (χ3v) is 1.97. The number of carbonyl (C=O) groups excluding carboxylic acids is 1. The second kappa shape index (κ2) is 10.1. The molecule has 0 atom stereocenters. The standard InChI is InChI=1S/2C5H4N2O4.C2H7N/c2*8-3-1-2(4(9)10)6-5(11)7-3;1-3-2/h2*1H,(H,9,10)(H2,6,7,8,11);3H,1-2H3. The number of quaternary nitrogens is 1. The van der Waals surface area contributed by atoms with Crippen LogP contribution in [-0.2, 0) is 0 Å². The van der Waals surface area contributed by atoms with Gasteiger partial charge in [0.25, 0.3) is 11.1 Å². The van der Waals surface area contributed by atoms with Crippen LogP contribution in [0.1, 0.15) is 21.0 Å². The molecule has 0 spiro atoms. The maximum atomic E-state index is 10.5. The molecule has 7 N–H and O–H groups in total. The van der Waals surface area contributed by atoms with E-state index in [-0.39, 0.29) is 0 Å². The lowest BCUT2D eigenvalue weighted by Crippen LogP contribution is -2.74. The van der Waals surface area contributed by atoms with E-state index in [1.54, 1.807) is 0 Å². The highest BCUT2D eigenvalue weighted by Gasteiger charge is 2.03. The molecule has 0 aromatic carbocycles. The highest BCUT2D eigenvalue weighted by atomic mass is 16.4. The monoisotopic (exact) mass is 357 g/mol. The summed E-state index contributed by atoms with van der Waals surface area (Å²) >= 11 is 0. The van der Waals surface area contributed by atoms with Crippen molar-refractivity contribution in [3.8, 4) is 0 Å². The largest absolute Gasteiger partial charge is 0.543 e. The molecule has 25 heavy (non-hydrogen) atoms. The topological polar surface area (TPSA) is 225 Å². The second-order valence-corrected chi connectivity index (χ2v) is 4.17. The van der Waals surface area contributed by atoms with Gasteiger partial charge in [-0.05, 0) is 0 Å². The van der Waals surface area contributed by atoms with Crippen LogP contribution in [-0.4, -0.2) is 51.1 Å². The molecule has 2 aromatic rings. The molecule has 0 fully saturated rings. The van der Waals surface area contributed by atoms with E-state index in [4.69, 9.17) is 5.11 Å². The number of aromatic amines is 4. The first-order valence-corrected chi connectivity index (χ1v) is 6.46. The third-order valence-electron chi connectivity index (χ3n) is 1.97. The Kier molecular flexibility index (Phi) is 8.60. The van der Waals surface area contributed by atoms with Gasteiger partial charge in [-0.1, -0.05) is 0 Å². The van der Waals surface area contributed by atoms with Gasteiger partial charge in [0.1, 0.15) is 5.69 Å². The highest BCUT2D eigenvalue weighted by Crippen LogP contribution is 1.81. The second-order valence-electron chi connectivity index (χ2n) is 4.17. The minimum atomic E-state index is -1.59. The van der Waals surface area contributed by atoms with Crippen LogP contribution < -0.4 is 32.9 Å². The lowest BCUT2D eigenvalue weighted by molar-refractivity contribution is -0.597. The number of hydrogen-bond donors (Lipinski definition) is 6. The van der Waals surface area contributed by atoms with Crippen LogP contribution in [0.5, 0.6) is 0 Å². The van der Waals surface area contributed by atoms with Crippen molar-refractivity contribution in [1.29, 1.82) is 0 Å². The lowest BCUT2D eigenvalue weighted by Gasteiger charge is -1.97. The van der Waals surface area contributed by atoms with Crippen molar-refractivity contribution >= 4 is 11.9 Å². The number of aromatic carboxylic acids is 2. The van der Waals surface area contributed by atoms with E-state index in [1.165, 1.54) is 0 Å². The molecule has 13 heteroatoms. The van der Waals surface area contributed by atoms with Crippen LogP contribution in [0.2, 0.25) is 0 Å². The molecule has 13 nitrogen and oxygen atoms in total. The Morgan fingerprint density at radius 3 is 1.56 bits per heavy atom. The molecule has 0 aliphatic carbocycles. The van der Waals surface area contributed by atoms with Crippen LogP contribution >= 0.6 is 0 Å². The van der Waals surface area contributed by atoms with Gasteiger partial charge in [-0.2, -0.15) is 0 Å². The Balaban J connectivity index is 0.000000399. The first-order chi connectivity index (χ1) is 11.6. The molecule has 136 valence electrons. The van der Waals surface area contributed by atoms with Crippen LogP contribution in [0.15, 0.2) is 31.3 Å². The Morgan fingerprint density at radius 2 is 1.24 bits per heavy atom. The van der Waals surface area contributed by atoms with Crippen molar-refractivity contribution in [3.05, 3.63) is 65.2 Å². The molecule has 2 aromatic heterocycles. The maximum absolute atomic E-state index is 10.5. The van der Waals surface area contributed by atoms with Crippen molar-refractivity contribution in [2.24, 2.45) is 0 Å². The zero-order chi connectivity index (χ0) is 19.6. The van der Waals surface area contributed by atoms with E-state index < -0.39 is 45.8 Å². The van der Waals surface area contributed by atoms with Gasteiger partial charge in [0, 0.05) is 12.1 Å². The fraction of sp³-hybridized carbons (Fsp3) is 0.167. The molecular formula is C12H15N5O8. The number of carboxylic acids is 2. The van der Waals surface area contributed by atoms with E-state index in [9.17, 15) is 33.9 Å². The molecule has 0 saturated carbocycles. The van der Waals surface area contributed by atoms with Crippen molar-refractivity contribution in [2.75, 3.05) is 14.1 Å². The summed E-state index contributed by atoms with van der Waals surface area (Å²) in [5.74, 6) is -2.93. The van der Waals surface area contributed by atoms with E-state index in [1.807, 2.05) is 39.3 Å². The van der Waals surface area contributed by atoms with E-state index >= 15 is 0 Å². The summed E-state index contributed by atoms with van der Waals surface area (Å²) in [6.45, 7) is 0. The summed E-state index contributed by atoms with van der Waals surface area (Å²) < 4.78 is 0. The van der Waals surface area contributed by atoms with Crippen molar-refractivity contribution in [1.82, 2.24) is 19.9 Å². The van der Waals surface area contributed by atoms with E-state index in [0.717, 1.165) is 12.1 Å². The fourth-order valence-electron chi connectivity index (χ4n) is 1.16. The number of nitrogens with one attached hydrogen (secondary N) is 4. The predicted octanol–water partition coefficient (Wildman–Crippen LogP) is -5.00. The molecule has 0 amide bonds. The number of H-pyrrole nitrogens is 4. The van der Waals surface area contributed by atoms with Crippen LogP contribution in [0.4, 0.5) is 0 Å². The minimum absolute atomic E-state index is 0.418. The number of nitrogens with two attached hydrogens (primary N) is 1. The summed E-state index contributed by atoms with van der Waals surface area (Å²) in [5, 5.41) is 20.4. The lowest BCUT2D eigenvalue weighted by atomic mass is 10.4. The van der Waals surface area contributed by atoms with Gasteiger partial charge in [0.15, 0.2) is 0 Å². The quantitative estimate of drug-likeness (QED) is 0.304. The van der Waals surface area contributed by atoms with Crippen molar-refractivity contribution in [3.63, 3.8) is 0 Å². The first kappa shape index (κ1) is 21.3. The van der Waals surface area contributed by atoms with Gasteiger partial charge in [-0.25, -0.2) is 14.4 Å². The average molecular weight is 357 g/mol. The van der Waals surface area contributed by atoms with Crippen LogP contribution in [0, 0.1) is 0 Å². The zero-order valence-electron chi connectivity index (χ0n) is 13.0. The molecule has 0 bridgehead atoms. The Labute approximate surface area is 137 Å². The number of rotatable bonds is 2. The fourth-order valence-corrected chi connectivity index (χ4v) is 1.16. The highest BCUT2D eigenvalue weighted by molar-refractivity contribution is 5.84. The molecule has 0 radical (unpaired) electrons. The Morgan fingerprint density at radius 1 is 0.880 bits per heavy atom. The molecule has 0 saturated heterocycles. The molecular weight excluding hydrogens is 342 g/mol. The summed E-state index contributed by atoms with van der Waals surface area (Å²) in [6.07, 6.45) is 0. The van der Waals surface area contributed by atoms with Crippen LogP contribution in [0.3, 0.4) is 0 Å². The number of aromatic nitrogens is 4. The van der Waals surface area contributed by atoms with Gasteiger partial charge in [-0.15, -0.1) is 0 Å². The summed E-state index contributed by atoms with van der Waals surface area (Å²) in [5.41, 5.74) is -4.14. The van der Waals surface area contributed by atoms with Crippen LogP contribution in [0.25, 0.3) is 0 Å². The van der Waals surface area contributed by atoms with Gasteiger partial charge in [0.05, 0.1) is 25.8 Å². The predicted molar refractivity (Wildman–Crippen MR) is 80.4 cm³/mol. The summed E-state index contributed by atoms with van der Waals surface area (Å²) in [4.78, 5) is 69.5. The summed E-state index contributed by atoms with van der Waals surface area (Å²) in [6, 6.07) is 1.53. The van der Waals surface area contributed by atoms with Crippen molar-refractivity contribution < 1.29 is 25.1 Å². The van der Waals surface area contributed by atoms with Gasteiger partial charge >= 0.3 is 17.3 Å². The zero-order valence-corrected chi connectivity index (χ0v) is 13.0. The number of carbonyl (C=O) groups is 2. The van der Waals surface area contributed by atoms with Gasteiger partial charge in [-0.3, -0.25) is 19.6 Å². The smallest absolute Gasteiger partial charge is 0.352 e. The minimum Gasteiger partial charge on any atom is -0.543 e. The van der Waals surface area contributed by atoms with E-state index in [2.05, 4.69) is 0 Å². The van der Waals surface area contributed by atoms with Gasteiger partial charge in [0.2, 0.25) is 0 Å². The van der Waals surface area contributed by atoms with E-state index in [0.29, 0.717) is 0 Å². The molecule has 0 unspecified atom stereocenters. The summed E-state index contributed by atoms with van der Waals surface area (Å²) in [7, 11) is 4.00. The third kappa shape index (κ3) is 8.46. The van der Waals surface area contributed by atoms with Gasteiger partial charge < -0.3 is 30.3 Å². The Bertz CT molecular complexity index is 817. The number of carboxylic acid groups (broad SMARTS) is 2. The molecule has 0 aliphatic rings. The maximum Gasteiger partial charge on any atom is 0.352 e. The SMILES string of the molecule is C[NH2+]C.O=C(O)c1cc(=O)[nH]c(=O)[nH]1.O=C([O-])c1cc(=O)[nH]c(=O)[nH]1. The first-order valence-electron chi connectivity index (χ1n) is 6.46. The average Bonchev–Trinajstić information content (AvgIpc) is 2.46. The van der Waals surface area contributed by atoms with Crippen molar-refractivity contribution in [2.45, 2.75) is 0 Å². The normalized spacial score (nSPS) is 9.04. The molecule has 0 aliphatic heterocycles.